The predicted molar refractivity (Wildman–Crippen MR) is 147 cm³/mol. The van der Waals surface area contributed by atoms with Crippen LogP contribution < -0.4 is 0 Å². The highest BCUT2D eigenvalue weighted by Gasteiger charge is 2.25. The van der Waals surface area contributed by atoms with E-state index in [1.165, 1.54) is 21.2 Å². The smallest absolute Gasteiger partial charge is 0.159 e. The third kappa shape index (κ3) is 8.15. The van der Waals surface area contributed by atoms with E-state index < -0.39 is 8.07 Å². The molecule has 0 aliphatic rings. The van der Waals surface area contributed by atoms with Gasteiger partial charge in [0, 0.05) is 13.1 Å². The van der Waals surface area contributed by atoms with Crippen LogP contribution in [0.1, 0.15) is 23.6 Å². The highest BCUT2D eigenvalue weighted by atomic mass is 32.2. The van der Waals surface area contributed by atoms with Crippen molar-refractivity contribution in [1.29, 1.82) is 0 Å². The average Bonchev–Trinajstić information content (AvgIpc) is 2.82. The molecule has 0 aliphatic heterocycles. The van der Waals surface area contributed by atoms with Gasteiger partial charge in [-0.1, -0.05) is 111 Å². The van der Waals surface area contributed by atoms with Crippen molar-refractivity contribution in [1.82, 2.24) is 4.90 Å². The maximum Gasteiger partial charge on any atom is 0.159 e. The SMILES string of the molecule is CC(C(=O)CS/C(=C\c1ccccc1)[Si](C)(C)C)N(Cc1ccccc1)Cc1ccccc1. The zero-order valence-electron chi connectivity index (χ0n) is 20.2. The summed E-state index contributed by atoms with van der Waals surface area (Å²) in [7, 11) is -1.56. The maximum atomic E-state index is 13.4. The number of hydrogen-bond acceptors (Lipinski definition) is 3. The minimum Gasteiger partial charge on any atom is -0.297 e. The summed E-state index contributed by atoms with van der Waals surface area (Å²) in [6.07, 6.45) is 2.28. The van der Waals surface area contributed by atoms with Crippen LogP contribution in [-0.4, -0.2) is 30.6 Å². The Balaban J connectivity index is 1.73. The minimum atomic E-state index is -1.56. The highest BCUT2D eigenvalue weighted by Crippen LogP contribution is 2.30. The monoisotopic (exact) mass is 473 g/mol. The number of carbonyl (C=O) groups is 1. The summed E-state index contributed by atoms with van der Waals surface area (Å²) in [6.45, 7) is 10.6. The van der Waals surface area contributed by atoms with Crippen LogP contribution in [0.15, 0.2) is 95.5 Å². The number of ketones is 1. The van der Waals surface area contributed by atoms with E-state index in [2.05, 4.69) is 110 Å². The lowest BCUT2D eigenvalue weighted by Crippen LogP contribution is -2.39. The van der Waals surface area contributed by atoms with Crippen molar-refractivity contribution in [3.63, 3.8) is 0 Å². The van der Waals surface area contributed by atoms with E-state index in [1.54, 1.807) is 11.8 Å². The molecular weight excluding hydrogens is 438 g/mol. The molecule has 3 rings (SSSR count). The van der Waals surface area contributed by atoms with Crippen LogP contribution in [-0.2, 0) is 17.9 Å². The summed E-state index contributed by atoms with van der Waals surface area (Å²) in [5.41, 5.74) is 3.66. The van der Waals surface area contributed by atoms with Crippen LogP contribution in [0.25, 0.3) is 6.08 Å². The molecule has 4 heteroatoms. The highest BCUT2D eigenvalue weighted by molar-refractivity contribution is 8.06. The molecule has 0 amide bonds. The number of hydrogen-bond donors (Lipinski definition) is 0. The van der Waals surface area contributed by atoms with Crippen molar-refractivity contribution in [3.8, 4) is 0 Å². The largest absolute Gasteiger partial charge is 0.297 e. The number of nitrogens with zero attached hydrogens (tertiary/aromatic N) is 1. The third-order valence-corrected chi connectivity index (χ3v) is 10.4. The molecule has 0 aromatic heterocycles. The van der Waals surface area contributed by atoms with Gasteiger partial charge >= 0.3 is 0 Å². The molecule has 0 radical (unpaired) electrons. The summed E-state index contributed by atoms with van der Waals surface area (Å²) in [5.74, 6) is 0.786. The molecule has 0 aliphatic carbocycles. The van der Waals surface area contributed by atoms with Crippen LogP contribution in [0.2, 0.25) is 19.6 Å². The lowest BCUT2D eigenvalue weighted by Gasteiger charge is -2.29. The first-order chi connectivity index (χ1) is 15.8. The van der Waals surface area contributed by atoms with E-state index in [1.807, 2.05) is 18.2 Å². The van der Waals surface area contributed by atoms with Crippen molar-refractivity contribution in [2.24, 2.45) is 0 Å². The second kappa shape index (κ2) is 12.2. The maximum absolute atomic E-state index is 13.4. The number of benzene rings is 3. The first-order valence-electron chi connectivity index (χ1n) is 11.6. The van der Waals surface area contributed by atoms with E-state index in [-0.39, 0.29) is 11.8 Å². The Kier molecular flexibility index (Phi) is 9.30. The molecule has 3 aromatic rings. The average molecular weight is 474 g/mol. The van der Waals surface area contributed by atoms with Gasteiger partial charge in [0.15, 0.2) is 5.78 Å². The van der Waals surface area contributed by atoms with Gasteiger partial charge in [-0.25, -0.2) is 0 Å². The zero-order valence-corrected chi connectivity index (χ0v) is 22.0. The number of thioether (sulfide) groups is 1. The molecule has 2 nitrogen and oxygen atoms in total. The molecule has 0 fully saturated rings. The third-order valence-electron chi connectivity index (χ3n) is 5.68. The second-order valence-electron chi connectivity index (χ2n) is 9.48. The molecule has 0 saturated heterocycles. The molecule has 1 atom stereocenters. The Bertz CT molecular complexity index is 988. The normalized spacial score (nSPS) is 13.2. The van der Waals surface area contributed by atoms with Crippen molar-refractivity contribution < 1.29 is 4.79 Å². The fraction of sp³-hybridized carbons (Fsp3) is 0.276. The van der Waals surface area contributed by atoms with Gasteiger partial charge < -0.3 is 0 Å². The topological polar surface area (TPSA) is 20.3 Å². The van der Waals surface area contributed by atoms with E-state index >= 15 is 0 Å². The second-order valence-corrected chi connectivity index (χ2v) is 15.9. The summed E-state index contributed by atoms with van der Waals surface area (Å²) < 4.78 is 1.37. The van der Waals surface area contributed by atoms with Crippen molar-refractivity contribution in [2.75, 3.05) is 5.75 Å². The van der Waals surface area contributed by atoms with Gasteiger partial charge in [-0.3, -0.25) is 9.69 Å². The zero-order chi connectivity index (χ0) is 23.7. The molecule has 33 heavy (non-hydrogen) atoms. The summed E-state index contributed by atoms with van der Waals surface area (Å²) in [5, 5.41) is 0. The number of Topliss-reactive ketones (excluding diaryl/α,β-unsaturated/α-hetero) is 1. The van der Waals surface area contributed by atoms with Crippen LogP contribution in [0.4, 0.5) is 0 Å². The van der Waals surface area contributed by atoms with E-state index in [4.69, 9.17) is 0 Å². The Hall–Kier alpha value is -2.40. The van der Waals surface area contributed by atoms with Crippen molar-refractivity contribution in [3.05, 3.63) is 112 Å². The Morgan fingerprint density at radius 3 is 1.73 bits per heavy atom. The van der Waals surface area contributed by atoms with Crippen LogP contribution >= 0.6 is 11.8 Å². The lowest BCUT2D eigenvalue weighted by molar-refractivity contribution is -0.121. The summed E-state index contributed by atoms with van der Waals surface area (Å²) in [6, 6.07) is 31.1. The van der Waals surface area contributed by atoms with Crippen LogP contribution in [0.5, 0.6) is 0 Å². The van der Waals surface area contributed by atoms with Crippen LogP contribution in [0, 0.1) is 0 Å². The summed E-state index contributed by atoms with van der Waals surface area (Å²) in [4.78, 5) is 15.7. The summed E-state index contributed by atoms with van der Waals surface area (Å²) >= 11 is 1.74. The lowest BCUT2D eigenvalue weighted by atomic mass is 10.1. The minimum absolute atomic E-state index is 0.155. The molecule has 3 aromatic carbocycles. The number of rotatable bonds is 11. The van der Waals surface area contributed by atoms with E-state index in [9.17, 15) is 4.79 Å². The van der Waals surface area contributed by atoms with Gasteiger partial charge in [0.2, 0.25) is 0 Å². The molecule has 172 valence electrons. The van der Waals surface area contributed by atoms with E-state index in [0.717, 1.165) is 13.1 Å². The first-order valence-corrected chi connectivity index (χ1v) is 16.1. The van der Waals surface area contributed by atoms with Crippen molar-refractivity contribution >= 4 is 31.7 Å². The van der Waals surface area contributed by atoms with Gasteiger partial charge in [0.05, 0.1) is 19.9 Å². The standard InChI is InChI=1S/C29H35NOSSi/c1-24(28(31)23-32-29(33(2,3)4)20-25-14-8-5-9-15-25)30(21-26-16-10-6-11-17-26)22-27-18-12-7-13-19-27/h5-20,24H,21-23H2,1-4H3/b29-20+. The molecular formula is C29H35NOSSi. The van der Waals surface area contributed by atoms with Gasteiger partial charge in [0.1, 0.15) is 0 Å². The van der Waals surface area contributed by atoms with Crippen molar-refractivity contribution in [2.45, 2.75) is 45.7 Å². The van der Waals surface area contributed by atoms with Gasteiger partial charge in [-0.2, -0.15) is 0 Å². The van der Waals surface area contributed by atoms with Crippen LogP contribution in [0.3, 0.4) is 0 Å². The van der Waals surface area contributed by atoms with E-state index in [0.29, 0.717) is 5.75 Å². The Labute approximate surface area is 204 Å². The van der Waals surface area contributed by atoms with Gasteiger partial charge in [-0.15, -0.1) is 11.8 Å². The Morgan fingerprint density at radius 2 is 1.27 bits per heavy atom. The fourth-order valence-corrected chi connectivity index (χ4v) is 6.92. The number of carbonyl (C=O) groups excluding carboxylic acids is 1. The molecule has 0 saturated carbocycles. The van der Waals surface area contributed by atoms with Gasteiger partial charge in [0.25, 0.3) is 0 Å². The fourth-order valence-electron chi connectivity index (χ4n) is 3.61. The molecule has 0 N–H and O–H groups in total. The first kappa shape index (κ1) is 25.2. The molecule has 0 heterocycles. The molecule has 0 spiro atoms. The quantitative estimate of drug-likeness (QED) is 0.273. The molecule has 0 bridgehead atoms. The molecule has 1 unspecified atom stereocenters. The predicted octanol–water partition coefficient (Wildman–Crippen LogP) is 7.30. The Morgan fingerprint density at radius 1 is 0.818 bits per heavy atom. The van der Waals surface area contributed by atoms with Gasteiger partial charge in [-0.05, 0) is 34.2 Å².